The van der Waals surface area contributed by atoms with Gasteiger partial charge in [0, 0.05) is 5.92 Å². The van der Waals surface area contributed by atoms with Gasteiger partial charge >= 0.3 is 0 Å². The molecule has 2 heteroatoms. The molecule has 2 nitrogen and oxygen atoms in total. The molecule has 1 fully saturated rings. The summed E-state index contributed by atoms with van der Waals surface area (Å²) >= 11 is 0. The predicted molar refractivity (Wildman–Crippen MR) is 50.5 cm³/mol. The van der Waals surface area contributed by atoms with Gasteiger partial charge in [0.2, 0.25) is 0 Å². The Kier molecular flexibility index (Phi) is 2.16. The second kappa shape index (κ2) is 3.18. The summed E-state index contributed by atoms with van der Waals surface area (Å²) in [7, 11) is 0. The van der Waals surface area contributed by atoms with Crippen LogP contribution in [0, 0.1) is 0 Å². The van der Waals surface area contributed by atoms with E-state index >= 15 is 0 Å². The van der Waals surface area contributed by atoms with E-state index in [0.717, 1.165) is 24.8 Å². The molecule has 72 valence electrons. The van der Waals surface area contributed by atoms with Crippen LogP contribution in [-0.2, 0) is 0 Å². The van der Waals surface area contributed by atoms with Crippen molar-refractivity contribution in [3.05, 3.63) is 24.2 Å². The Morgan fingerprint density at radius 2 is 2.38 bits per heavy atom. The minimum Gasteiger partial charge on any atom is -0.472 e. The third-order valence-corrected chi connectivity index (χ3v) is 3.12. The smallest absolute Gasteiger partial charge is 0.0938 e. The Morgan fingerprint density at radius 3 is 3.00 bits per heavy atom. The lowest BCUT2D eigenvalue weighted by Gasteiger charge is -2.36. The van der Waals surface area contributed by atoms with Gasteiger partial charge in [-0.05, 0) is 31.4 Å². The Labute approximate surface area is 78.6 Å². The van der Waals surface area contributed by atoms with Gasteiger partial charge in [-0.25, -0.2) is 0 Å². The summed E-state index contributed by atoms with van der Waals surface area (Å²) < 4.78 is 5.05. The van der Waals surface area contributed by atoms with Crippen LogP contribution in [0.4, 0.5) is 0 Å². The molecule has 1 aliphatic carbocycles. The Bertz CT molecular complexity index is 262. The van der Waals surface area contributed by atoms with Crippen LogP contribution in [0.2, 0.25) is 0 Å². The van der Waals surface area contributed by atoms with Crippen molar-refractivity contribution in [1.29, 1.82) is 0 Å². The number of furan rings is 1. The molecule has 0 unspecified atom stereocenters. The van der Waals surface area contributed by atoms with Crippen molar-refractivity contribution in [2.45, 2.75) is 44.1 Å². The molecule has 0 aromatic carbocycles. The molecule has 1 saturated carbocycles. The maximum absolute atomic E-state index is 10.2. The second-order valence-electron chi connectivity index (χ2n) is 4.21. The molecule has 0 saturated heterocycles. The minimum absolute atomic E-state index is 0.264. The first-order valence-corrected chi connectivity index (χ1v) is 4.94. The number of rotatable bonds is 1. The normalized spacial score (nSPS) is 34.8. The van der Waals surface area contributed by atoms with E-state index in [9.17, 15) is 5.11 Å². The Morgan fingerprint density at radius 1 is 1.54 bits per heavy atom. The van der Waals surface area contributed by atoms with Crippen LogP contribution in [0.3, 0.4) is 0 Å². The van der Waals surface area contributed by atoms with Crippen molar-refractivity contribution < 1.29 is 9.52 Å². The number of aliphatic hydroxyl groups is 1. The second-order valence-corrected chi connectivity index (χ2v) is 4.21. The average Bonchev–Trinajstić information content (AvgIpc) is 2.55. The summed E-state index contributed by atoms with van der Waals surface area (Å²) in [5, 5.41) is 10.2. The molecule has 2 rings (SSSR count). The molecule has 0 spiro atoms. The van der Waals surface area contributed by atoms with Gasteiger partial charge in [-0.3, -0.25) is 0 Å². The van der Waals surface area contributed by atoms with Crippen LogP contribution in [0.25, 0.3) is 0 Å². The molecule has 0 radical (unpaired) electrons. The van der Waals surface area contributed by atoms with Crippen LogP contribution < -0.4 is 0 Å². The summed E-state index contributed by atoms with van der Waals surface area (Å²) in [6.07, 6.45) is 7.77. The summed E-state index contributed by atoms with van der Waals surface area (Å²) in [5.74, 6) is 0.264. The van der Waals surface area contributed by atoms with Gasteiger partial charge in [-0.15, -0.1) is 0 Å². The largest absolute Gasteiger partial charge is 0.472 e. The summed E-state index contributed by atoms with van der Waals surface area (Å²) in [6, 6.07) is 1.96. The van der Waals surface area contributed by atoms with Crippen LogP contribution in [-0.4, -0.2) is 10.7 Å². The SMILES string of the molecule is C[C@@]1(O)CCCC[C@H]1c1ccoc1. The molecular weight excluding hydrogens is 164 g/mol. The summed E-state index contributed by atoms with van der Waals surface area (Å²) in [4.78, 5) is 0. The van der Waals surface area contributed by atoms with E-state index in [0.29, 0.717) is 0 Å². The molecule has 13 heavy (non-hydrogen) atoms. The molecule has 1 heterocycles. The van der Waals surface area contributed by atoms with Crippen LogP contribution in [0.15, 0.2) is 23.0 Å². The van der Waals surface area contributed by atoms with Gasteiger partial charge in [0.1, 0.15) is 0 Å². The van der Waals surface area contributed by atoms with Crippen molar-refractivity contribution in [2.75, 3.05) is 0 Å². The van der Waals surface area contributed by atoms with E-state index < -0.39 is 5.60 Å². The lowest BCUT2D eigenvalue weighted by Crippen LogP contribution is -2.35. The molecule has 0 amide bonds. The van der Waals surface area contributed by atoms with E-state index in [1.807, 2.05) is 13.0 Å². The van der Waals surface area contributed by atoms with Crippen molar-refractivity contribution in [3.63, 3.8) is 0 Å². The van der Waals surface area contributed by atoms with Crippen LogP contribution >= 0.6 is 0 Å². The van der Waals surface area contributed by atoms with Gasteiger partial charge in [-0.1, -0.05) is 12.8 Å². The fourth-order valence-corrected chi connectivity index (χ4v) is 2.32. The first-order valence-electron chi connectivity index (χ1n) is 4.94. The first kappa shape index (κ1) is 8.82. The predicted octanol–water partition coefficient (Wildman–Crippen LogP) is 2.69. The molecule has 2 atom stereocenters. The fourth-order valence-electron chi connectivity index (χ4n) is 2.32. The zero-order chi connectivity index (χ0) is 9.31. The highest BCUT2D eigenvalue weighted by Crippen LogP contribution is 2.40. The van der Waals surface area contributed by atoms with E-state index in [1.165, 1.54) is 6.42 Å². The van der Waals surface area contributed by atoms with Gasteiger partial charge in [0.25, 0.3) is 0 Å². The number of hydrogen-bond acceptors (Lipinski definition) is 2. The lowest BCUT2D eigenvalue weighted by atomic mass is 9.74. The van der Waals surface area contributed by atoms with Crippen molar-refractivity contribution >= 4 is 0 Å². The van der Waals surface area contributed by atoms with Crippen molar-refractivity contribution in [3.8, 4) is 0 Å². The highest BCUT2D eigenvalue weighted by Gasteiger charge is 2.35. The van der Waals surface area contributed by atoms with E-state index in [-0.39, 0.29) is 5.92 Å². The number of hydrogen-bond donors (Lipinski definition) is 1. The summed E-state index contributed by atoms with van der Waals surface area (Å²) in [6.45, 7) is 1.93. The maximum Gasteiger partial charge on any atom is 0.0938 e. The van der Waals surface area contributed by atoms with Gasteiger partial charge in [0.05, 0.1) is 18.1 Å². The molecule has 1 aromatic heterocycles. The molecule has 1 N–H and O–H groups in total. The van der Waals surface area contributed by atoms with Crippen molar-refractivity contribution in [1.82, 2.24) is 0 Å². The summed E-state index contributed by atoms with van der Waals surface area (Å²) in [5.41, 5.74) is 0.604. The third-order valence-electron chi connectivity index (χ3n) is 3.12. The zero-order valence-corrected chi connectivity index (χ0v) is 7.99. The zero-order valence-electron chi connectivity index (χ0n) is 7.99. The Hall–Kier alpha value is -0.760. The monoisotopic (exact) mass is 180 g/mol. The fraction of sp³-hybridized carbons (Fsp3) is 0.636. The Balaban J connectivity index is 2.21. The molecule has 0 bridgehead atoms. The average molecular weight is 180 g/mol. The van der Waals surface area contributed by atoms with Gasteiger partial charge in [-0.2, -0.15) is 0 Å². The van der Waals surface area contributed by atoms with Crippen LogP contribution in [0.5, 0.6) is 0 Å². The molecule has 1 aromatic rings. The van der Waals surface area contributed by atoms with Crippen LogP contribution in [0.1, 0.15) is 44.1 Å². The highest BCUT2D eigenvalue weighted by atomic mass is 16.3. The van der Waals surface area contributed by atoms with Crippen molar-refractivity contribution in [2.24, 2.45) is 0 Å². The third kappa shape index (κ3) is 1.63. The quantitative estimate of drug-likeness (QED) is 0.720. The topological polar surface area (TPSA) is 33.4 Å². The standard InChI is InChI=1S/C11H16O2/c1-11(12)6-3-2-4-10(11)9-5-7-13-8-9/h5,7-8,10,12H,2-4,6H2,1H3/t10-,11+/m0/s1. The van der Waals surface area contributed by atoms with E-state index in [4.69, 9.17) is 4.42 Å². The maximum atomic E-state index is 10.2. The molecule has 0 aliphatic heterocycles. The highest BCUT2D eigenvalue weighted by molar-refractivity contribution is 5.17. The first-order chi connectivity index (χ1) is 6.20. The lowest BCUT2D eigenvalue weighted by molar-refractivity contribution is 0.000480. The van der Waals surface area contributed by atoms with E-state index in [2.05, 4.69) is 0 Å². The minimum atomic E-state index is -0.540. The van der Waals surface area contributed by atoms with E-state index in [1.54, 1.807) is 12.5 Å². The van der Waals surface area contributed by atoms with Gasteiger partial charge < -0.3 is 9.52 Å². The van der Waals surface area contributed by atoms with Gasteiger partial charge in [0.15, 0.2) is 0 Å². The molecule has 1 aliphatic rings. The molecular formula is C11H16O2.